The van der Waals surface area contributed by atoms with Crippen molar-refractivity contribution in [2.45, 2.75) is 0 Å². The van der Waals surface area contributed by atoms with Crippen molar-refractivity contribution in [3.05, 3.63) is 54.4 Å². The van der Waals surface area contributed by atoms with Gasteiger partial charge in [0, 0.05) is 0 Å². The van der Waals surface area contributed by atoms with Gasteiger partial charge in [0.2, 0.25) is 0 Å². The van der Waals surface area contributed by atoms with E-state index in [1.165, 1.54) is 6.21 Å². The molecule has 1 heterocycles. The Balaban J connectivity index is 2.11. The molecule has 0 saturated carbocycles. The van der Waals surface area contributed by atoms with Crippen molar-refractivity contribution in [2.24, 2.45) is 10.9 Å². The molecule has 1 aromatic carbocycles. The Morgan fingerprint density at radius 3 is 2.50 bits per heavy atom. The van der Waals surface area contributed by atoms with Crippen molar-refractivity contribution in [3.8, 4) is 11.5 Å². The second-order valence-corrected chi connectivity index (χ2v) is 3.11. The SMILES string of the molecule is NN=Cc1ccc(Oc2ccccc2)cn1. The van der Waals surface area contributed by atoms with Gasteiger partial charge in [-0.05, 0) is 24.3 Å². The van der Waals surface area contributed by atoms with Crippen LogP contribution in [0.5, 0.6) is 11.5 Å². The molecule has 0 aliphatic rings. The first-order chi connectivity index (χ1) is 7.88. The normalized spacial score (nSPS) is 10.5. The molecule has 0 bridgehead atoms. The summed E-state index contributed by atoms with van der Waals surface area (Å²) < 4.78 is 5.57. The molecule has 0 fully saturated rings. The molecule has 4 heteroatoms. The van der Waals surface area contributed by atoms with Gasteiger partial charge in [-0.3, -0.25) is 4.98 Å². The highest BCUT2D eigenvalue weighted by Crippen LogP contribution is 2.19. The number of rotatable bonds is 3. The number of para-hydroxylation sites is 1. The number of nitrogens with two attached hydrogens (primary N) is 1. The largest absolute Gasteiger partial charge is 0.456 e. The van der Waals surface area contributed by atoms with Crippen molar-refractivity contribution in [3.63, 3.8) is 0 Å². The molecule has 80 valence electrons. The van der Waals surface area contributed by atoms with Gasteiger partial charge >= 0.3 is 0 Å². The Hall–Kier alpha value is -2.36. The van der Waals surface area contributed by atoms with Crippen LogP contribution in [0.25, 0.3) is 0 Å². The smallest absolute Gasteiger partial charge is 0.145 e. The van der Waals surface area contributed by atoms with Gasteiger partial charge in [-0.1, -0.05) is 18.2 Å². The maximum absolute atomic E-state index is 5.57. The van der Waals surface area contributed by atoms with E-state index in [-0.39, 0.29) is 0 Å². The van der Waals surface area contributed by atoms with Gasteiger partial charge in [0.1, 0.15) is 11.5 Å². The van der Waals surface area contributed by atoms with Crippen LogP contribution in [0.3, 0.4) is 0 Å². The van der Waals surface area contributed by atoms with E-state index in [1.807, 2.05) is 36.4 Å². The fourth-order valence-corrected chi connectivity index (χ4v) is 1.23. The molecule has 2 rings (SSSR count). The molecule has 0 amide bonds. The molecule has 0 aliphatic heterocycles. The molecule has 0 spiro atoms. The van der Waals surface area contributed by atoms with Gasteiger partial charge in [0.05, 0.1) is 18.1 Å². The lowest BCUT2D eigenvalue weighted by Crippen LogP contribution is -1.91. The van der Waals surface area contributed by atoms with Crippen molar-refractivity contribution in [1.29, 1.82) is 0 Å². The van der Waals surface area contributed by atoms with Crippen molar-refractivity contribution >= 4 is 6.21 Å². The molecule has 16 heavy (non-hydrogen) atoms. The number of pyridine rings is 1. The Kier molecular flexibility index (Phi) is 3.13. The van der Waals surface area contributed by atoms with E-state index in [0.717, 1.165) is 5.75 Å². The quantitative estimate of drug-likeness (QED) is 0.483. The molecule has 2 N–H and O–H groups in total. The lowest BCUT2D eigenvalue weighted by atomic mass is 10.3. The summed E-state index contributed by atoms with van der Waals surface area (Å²) in [6.45, 7) is 0. The predicted molar refractivity (Wildman–Crippen MR) is 62.5 cm³/mol. The van der Waals surface area contributed by atoms with E-state index in [1.54, 1.807) is 12.3 Å². The minimum Gasteiger partial charge on any atom is -0.456 e. The highest BCUT2D eigenvalue weighted by molar-refractivity contribution is 5.76. The molecule has 0 aliphatic carbocycles. The van der Waals surface area contributed by atoms with E-state index in [9.17, 15) is 0 Å². The third-order valence-corrected chi connectivity index (χ3v) is 1.94. The van der Waals surface area contributed by atoms with Crippen LogP contribution < -0.4 is 10.6 Å². The average Bonchev–Trinajstić information content (AvgIpc) is 2.33. The molecule has 4 nitrogen and oxygen atoms in total. The highest BCUT2D eigenvalue weighted by Gasteiger charge is 1.96. The number of hydrogen-bond donors (Lipinski definition) is 1. The molecule has 0 saturated heterocycles. The first-order valence-corrected chi connectivity index (χ1v) is 4.81. The summed E-state index contributed by atoms with van der Waals surface area (Å²) >= 11 is 0. The highest BCUT2D eigenvalue weighted by atomic mass is 16.5. The van der Waals surface area contributed by atoms with E-state index >= 15 is 0 Å². The van der Waals surface area contributed by atoms with E-state index < -0.39 is 0 Å². The van der Waals surface area contributed by atoms with Gasteiger partial charge in [0.15, 0.2) is 0 Å². The standard InChI is InChI=1S/C12H11N3O/c13-15-8-10-6-7-12(9-14-10)16-11-4-2-1-3-5-11/h1-9H,13H2. The summed E-state index contributed by atoms with van der Waals surface area (Å²) in [6.07, 6.45) is 3.11. The van der Waals surface area contributed by atoms with Crippen molar-refractivity contribution in [2.75, 3.05) is 0 Å². The lowest BCUT2D eigenvalue weighted by Gasteiger charge is -2.04. The first-order valence-electron chi connectivity index (χ1n) is 4.81. The monoisotopic (exact) mass is 213 g/mol. The van der Waals surface area contributed by atoms with Gasteiger partial charge in [-0.25, -0.2) is 0 Å². The molecule has 0 radical (unpaired) electrons. The second-order valence-electron chi connectivity index (χ2n) is 3.11. The summed E-state index contributed by atoms with van der Waals surface area (Å²) in [6, 6.07) is 13.1. The molecular formula is C12H11N3O. The van der Waals surface area contributed by atoms with Crippen LogP contribution in [-0.4, -0.2) is 11.2 Å². The molecule has 0 atom stereocenters. The molecule has 1 aromatic heterocycles. The number of hydrazone groups is 1. The number of aromatic nitrogens is 1. The summed E-state index contributed by atoms with van der Waals surface area (Å²) in [5, 5.41) is 3.39. The van der Waals surface area contributed by atoms with Crippen LogP contribution in [0.2, 0.25) is 0 Å². The van der Waals surface area contributed by atoms with Crippen LogP contribution in [0, 0.1) is 0 Å². The lowest BCUT2D eigenvalue weighted by molar-refractivity contribution is 0.480. The van der Waals surface area contributed by atoms with Crippen LogP contribution in [0.15, 0.2) is 53.8 Å². The van der Waals surface area contributed by atoms with Crippen LogP contribution in [0.1, 0.15) is 5.69 Å². The number of hydrogen-bond acceptors (Lipinski definition) is 4. The zero-order valence-corrected chi connectivity index (χ0v) is 8.58. The molecule has 2 aromatic rings. The topological polar surface area (TPSA) is 60.5 Å². The molecule has 0 unspecified atom stereocenters. The fourth-order valence-electron chi connectivity index (χ4n) is 1.23. The number of ether oxygens (including phenoxy) is 1. The van der Waals surface area contributed by atoms with Crippen molar-refractivity contribution in [1.82, 2.24) is 4.98 Å². The maximum atomic E-state index is 5.57. The van der Waals surface area contributed by atoms with Crippen LogP contribution >= 0.6 is 0 Å². The zero-order valence-electron chi connectivity index (χ0n) is 8.58. The summed E-state index contributed by atoms with van der Waals surface area (Å²) in [5.41, 5.74) is 0.697. The summed E-state index contributed by atoms with van der Waals surface area (Å²) in [7, 11) is 0. The zero-order chi connectivity index (χ0) is 11.2. The van der Waals surface area contributed by atoms with Gasteiger partial charge in [-0.2, -0.15) is 5.10 Å². The van der Waals surface area contributed by atoms with Gasteiger partial charge < -0.3 is 10.6 Å². The van der Waals surface area contributed by atoms with E-state index in [0.29, 0.717) is 11.4 Å². The second kappa shape index (κ2) is 4.93. The summed E-state index contributed by atoms with van der Waals surface area (Å²) in [4.78, 5) is 4.11. The number of benzene rings is 1. The van der Waals surface area contributed by atoms with Gasteiger partial charge in [-0.15, -0.1) is 0 Å². The van der Waals surface area contributed by atoms with E-state index in [2.05, 4.69) is 10.1 Å². The Morgan fingerprint density at radius 1 is 1.06 bits per heavy atom. The van der Waals surface area contributed by atoms with E-state index in [4.69, 9.17) is 10.6 Å². The summed E-state index contributed by atoms with van der Waals surface area (Å²) in [5.74, 6) is 6.48. The Bertz CT molecular complexity index is 465. The van der Waals surface area contributed by atoms with Gasteiger partial charge in [0.25, 0.3) is 0 Å². The Labute approximate surface area is 93.4 Å². The predicted octanol–water partition coefficient (Wildman–Crippen LogP) is 2.17. The Morgan fingerprint density at radius 2 is 1.88 bits per heavy atom. The third kappa shape index (κ3) is 2.57. The number of nitrogens with zero attached hydrogens (tertiary/aromatic N) is 2. The first kappa shape index (κ1) is 10.2. The van der Waals surface area contributed by atoms with Crippen LogP contribution in [-0.2, 0) is 0 Å². The third-order valence-electron chi connectivity index (χ3n) is 1.94. The minimum atomic E-state index is 0.681. The fraction of sp³-hybridized carbons (Fsp3) is 0. The molecular weight excluding hydrogens is 202 g/mol. The minimum absolute atomic E-state index is 0.681. The van der Waals surface area contributed by atoms with Crippen molar-refractivity contribution < 1.29 is 4.74 Å². The average molecular weight is 213 g/mol. The van der Waals surface area contributed by atoms with Crippen LogP contribution in [0.4, 0.5) is 0 Å². The maximum Gasteiger partial charge on any atom is 0.145 e.